The molecule has 4 nitrogen and oxygen atoms in total. The number of carbonyl (C=O) groups excluding carboxylic acids is 1. The van der Waals surface area contributed by atoms with Crippen LogP contribution in [0.15, 0.2) is 45.6 Å². The Bertz CT molecular complexity index is 367. The molecule has 1 aliphatic heterocycles. The zero-order valence-corrected chi connectivity index (χ0v) is 6.14. The fourth-order valence-electron chi connectivity index (χ4n) is 0.935. The zero-order valence-electron chi connectivity index (χ0n) is 6.14. The van der Waals surface area contributed by atoms with Crippen LogP contribution in [0.5, 0.6) is 0 Å². The van der Waals surface area contributed by atoms with Gasteiger partial charge >= 0.3 is 6.03 Å². The van der Waals surface area contributed by atoms with Crippen LogP contribution in [0, 0.1) is 0 Å². The summed E-state index contributed by atoms with van der Waals surface area (Å²) in [5, 5.41) is 6.89. The second-order valence-corrected chi connectivity index (χ2v) is 2.28. The SMILES string of the molecule is O=C1N=NC(c2ccccc2)=N1. The Morgan fingerprint density at radius 2 is 1.75 bits per heavy atom. The third-order valence-corrected chi connectivity index (χ3v) is 1.46. The Morgan fingerprint density at radius 3 is 2.33 bits per heavy atom. The van der Waals surface area contributed by atoms with Crippen LogP contribution in [0.4, 0.5) is 4.79 Å². The van der Waals surface area contributed by atoms with Crippen LogP contribution in [-0.4, -0.2) is 11.9 Å². The van der Waals surface area contributed by atoms with Crippen molar-refractivity contribution in [1.82, 2.24) is 0 Å². The molecule has 12 heavy (non-hydrogen) atoms. The van der Waals surface area contributed by atoms with E-state index in [1.165, 1.54) is 0 Å². The van der Waals surface area contributed by atoms with Gasteiger partial charge in [-0.1, -0.05) is 35.4 Å². The van der Waals surface area contributed by atoms with E-state index in [0.717, 1.165) is 5.56 Å². The molecule has 1 aromatic rings. The molecule has 4 heteroatoms. The average molecular weight is 159 g/mol. The van der Waals surface area contributed by atoms with Gasteiger partial charge in [-0.2, -0.15) is 4.99 Å². The molecule has 0 atom stereocenters. The van der Waals surface area contributed by atoms with Crippen molar-refractivity contribution in [3.63, 3.8) is 0 Å². The highest BCUT2D eigenvalue weighted by atomic mass is 16.2. The highest BCUT2D eigenvalue weighted by Crippen LogP contribution is 2.08. The summed E-state index contributed by atoms with van der Waals surface area (Å²) in [6, 6.07) is 8.73. The topological polar surface area (TPSA) is 54.1 Å². The van der Waals surface area contributed by atoms with Crippen molar-refractivity contribution in [3.05, 3.63) is 35.9 Å². The van der Waals surface area contributed by atoms with Gasteiger partial charge in [-0.3, -0.25) is 0 Å². The third-order valence-electron chi connectivity index (χ3n) is 1.46. The standard InChI is InChI=1S/C8H5N3O/c12-8-9-7(10-11-8)6-4-2-1-3-5-6/h1-5H. The number of carbonyl (C=O) groups is 1. The minimum Gasteiger partial charge on any atom is -0.242 e. The highest BCUT2D eigenvalue weighted by molar-refractivity contribution is 6.08. The lowest BCUT2D eigenvalue weighted by Crippen LogP contribution is -1.92. The maximum absolute atomic E-state index is 10.6. The first-order valence-electron chi connectivity index (χ1n) is 3.46. The van der Waals surface area contributed by atoms with Gasteiger partial charge in [0.2, 0.25) is 0 Å². The lowest BCUT2D eigenvalue weighted by Gasteiger charge is -1.91. The number of benzene rings is 1. The molecule has 1 aromatic carbocycles. The summed E-state index contributed by atoms with van der Waals surface area (Å²) < 4.78 is 0. The normalized spacial score (nSPS) is 15.0. The van der Waals surface area contributed by atoms with E-state index in [-0.39, 0.29) is 0 Å². The minimum absolute atomic E-state index is 0.389. The van der Waals surface area contributed by atoms with Crippen molar-refractivity contribution in [3.8, 4) is 0 Å². The van der Waals surface area contributed by atoms with Crippen LogP contribution in [0.2, 0.25) is 0 Å². The van der Waals surface area contributed by atoms with Crippen molar-refractivity contribution >= 4 is 11.9 Å². The van der Waals surface area contributed by atoms with Crippen LogP contribution in [-0.2, 0) is 0 Å². The van der Waals surface area contributed by atoms with Crippen molar-refractivity contribution in [2.24, 2.45) is 15.2 Å². The second kappa shape index (κ2) is 2.65. The Hall–Kier alpha value is -1.84. The molecule has 0 unspecified atom stereocenters. The van der Waals surface area contributed by atoms with Gasteiger partial charge in [-0.05, 0) is 0 Å². The highest BCUT2D eigenvalue weighted by Gasteiger charge is 2.10. The predicted octanol–water partition coefficient (Wildman–Crippen LogP) is 2.02. The summed E-state index contributed by atoms with van der Waals surface area (Å²) in [7, 11) is 0. The Morgan fingerprint density at radius 1 is 1.00 bits per heavy atom. The summed E-state index contributed by atoms with van der Waals surface area (Å²) in [6.07, 6.45) is 0. The van der Waals surface area contributed by atoms with Crippen molar-refractivity contribution in [1.29, 1.82) is 0 Å². The molecule has 0 saturated carbocycles. The van der Waals surface area contributed by atoms with Gasteiger partial charge in [0, 0.05) is 5.56 Å². The molecular weight excluding hydrogens is 154 g/mol. The van der Waals surface area contributed by atoms with Gasteiger partial charge in [0.15, 0.2) is 5.84 Å². The Balaban J connectivity index is 2.40. The van der Waals surface area contributed by atoms with Crippen LogP contribution < -0.4 is 0 Å². The quantitative estimate of drug-likeness (QED) is 0.618. The maximum atomic E-state index is 10.6. The fraction of sp³-hybridized carbons (Fsp3) is 0. The second-order valence-electron chi connectivity index (χ2n) is 2.28. The third kappa shape index (κ3) is 1.14. The number of urea groups is 1. The van der Waals surface area contributed by atoms with E-state index in [1.54, 1.807) is 0 Å². The smallest absolute Gasteiger partial charge is 0.242 e. The first kappa shape index (κ1) is 6.84. The molecule has 1 heterocycles. The number of aliphatic imine (C=N–C) groups is 1. The van der Waals surface area contributed by atoms with E-state index >= 15 is 0 Å². The molecule has 0 N–H and O–H groups in total. The van der Waals surface area contributed by atoms with E-state index in [9.17, 15) is 4.79 Å². The Labute approximate surface area is 68.7 Å². The fourth-order valence-corrected chi connectivity index (χ4v) is 0.935. The number of azo groups is 1. The molecule has 0 spiro atoms. The summed E-state index contributed by atoms with van der Waals surface area (Å²) in [5.74, 6) is 0.389. The van der Waals surface area contributed by atoms with Crippen LogP contribution in [0.3, 0.4) is 0 Å². The maximum Gasteiger partial charge on any atom is 0.387 e. The average Bonchev–Trinajstić information content (AvgIpc) is 2.54. The van der Waals surface area contributed by atoms with Gasteiger partial charge < -0.3 is 0 Å². The van der Waals surface area contributed by atoms with Gasteiger partial charge in [0.25, 0.3) is 0 Å². The molecule has 2 amide bonds. The largest absolute Gasteiger partial charge is 0.387 e. The van der Waals surface area contributed by atoms with Gasteiger partial charge in [0.05, 0.1) is 0 Å². The molecule has 0 radical (unpaired) electrons. The first-order valence-corrected chi connectivity index (χ1v) is 3.46. The molecular formula is C8H5N3O. The summed E-state index contributed by atoms with van der Waals surface area (Å²) in [6.45, 7) is 0. The number of amides is 2. The molecule has 1 aliphatic rings. The summed E-state index contributed by atoms with van der Waals surface area (Å²) in [4.78, 5) is 14.2. The van der Waals surface area contributed by atoms with E-state index in [0.29, 0.717) is 5.84 Å². The van der Waals surface area contributed by atoms with E-state index in [4.69, 9.17) is 0 Å². The lowest BCUT2D eigenvalue weighted by atomic mass is 10.2. The summed E-state index contributed by atoms with van der Waals surface area (Å²) in [5.41, 5.74) is 0.812. The van der Waals surface area contributed by atoms with E-state index in [2.05, 4.69) is 15.2 Å². The van der Waals surface area contributed by atoms with Gasteiger partial charge in [0.1, 0.15) is 0 Å². The Kier molecular flexibility index (Phi) is 1.51. The lowest BCUT2D eigenvalue weighted by molar-refractivity contribution is 0.257. The molecule has 0 bridgehead atoms. The van der Waals surface area contributed by atoms with Crippen molar-refractivity contribution in [2.75, 3.05) is 0 Å². The van der Waals surface area contributed by atoms with Crippen molar-refractivity contribution < 1.29 is 4.79 Å². The zero-order chi connectivity index (χ0) is 8.39. The van der Waals surface area contributed by atoms with Gasteiger partial charge in [-0.15, -0.1) is 5.11 Å². The molecule has 0 aliphatic carbocycles. The number of hydrogen-bond acceptors (Lipinski definition) is 2. The number of nitrogens with zero attached hydrogens (tertiary/aromatic N) is 3. The van der Waals surface area contributed by atoms with Crippen LogP contribution >= 0.6 is 0 Å². The molecule has 58 valence electrons. The summed E-state index contributed by atoms with van der Waals surface area (Å²) >= 11 is 0. The van der Waals surface area contributed by atoms with Crippen molar-refractivity contribution in [2.45, 2.75) is 0 Å². The van der Waals surface area contributed by atoms with Gasteiger partial charge in [-0.25, -0.2) is 4.79 Å². The number of rotatable bonds is 1. The van der Waals surface area contributed by atoms with Crippen LogP contribution in [0.25, 0.3) is 0 Å². The number of hydrogen-bond donors (Lipinski definition) is 0. The minimum atomic E-state index is -0.533. The first-order chi connectivity index (χ1) is 5.86. The monoisotopic (exact) mass is 159 g/mol. The van der Waals surface area contributed by atoms with E-state index < -0.39 is 6.03 Å². The van der Waals surface area contributed by atoms with E-state index in [1.807, 2.05) is 30.3 Å². The molecule has 0 aromatic heterocycles. The molecule has 0 saturated heterocycles. The molecule has 2 rings (SSSR count). The number of amidine groups is 1. The predicted molar refractivity (Wildman–Crippen MR) is 43.2 cm³/mol. The van der Waals surface area contributed by atoms with Crippen LogP contribution in [0.1, 0.15) is 5.56 Å². The molecule has 0 fully saturated rings.